The minimum Gasteiger partial charge on any atom is -0.385 e. The average molecular weight is 595 g/mol. The molecule has 0 bridgehead atoms. The number of aromatic nitrogens is 1. The van der Waals surface area contributed by atoms with Crippen LogP contribution in [0.15, 0.2) is 82.7 Å². The molecule has 3 aliphatic rings. The van der Waals surface area contributed by atoms with E-state index in [1.807, 2.05) is 13.1 Å². The van der Waals surface area contributed by atoms with E-state index in [-0.39, 0.29) is 0 Å². The Hall–Kier alpha value is -2.85. The molecular weight excluding hydrogens is 549 g/mol. The van der Waals surface area contributed by atoms with Crippen LogP contribution in [-0.2, 0) is 10.2 Å². The van der Waals surface area contributed by atoms with Crippen molar-refractivity contribution in [2.45, 2.75) is 60.7 Å². The molecule has 0 spiro atoms. The minimum atomic E-state index is -0.393. The molecule has 1 aromatic heterocycles. The number of likely N-dealkylation sites (tertiary alicyclic amines) is 1. The second-order valence-electron chi connectivity index (χ2n) is 13.0. The number of rotatable bonds is 11. The third-order valence-corrected chi connectivity index (χ3v) is 11.4. The molecule has 43 heavy (non-hydrogen) atoms. The van der Waals surface area contributed by atoms with Gasteiger partial charge in [0.25, 0.3) is 0 Å². The highest BCUT2D eigenvalue weighted by Crippen LogP contribution is 2.53. The first-order valence-electron chi connectivity index (χ1n) is 16.2. The van der Waals surface area contributed by atoms with Crippen molar-refractivity contribution in [3.63, 3.8) is 0 Å². The van der Waals surface area contributed by atoms with Crippen LogP contribution in [0.5, 0.6) is 0 Å². The largest absolute Gasteiger partial charge is 0.385 e. The number of hydrogen-bond donors (Lipinski definition) is 0. The molecule has 3 aromatic rings. The predicted octanol–water partition coefficient (Wildman–Crippen LogP) is 7.60. The zero-order chi connectivity index (χ0) is 29.6. The van der Waals surface area contributed by atoms with Gasteiger partial charge in [-0.1, -0.05) is 54.9 Å². The van der Waals surface area contributed by atoms with Crippen molar-refractivity contribution in [1.82, 2.24) is 9.88 Å². The smallest absolute Gasteiger partial charge is 0.0882 e. The van der Waals surface area contributed by atoms with Gasteiger partial charge in [0, 0.05) is 66.6 Å². The summed E-state index contributed by atoms with van der Waals surface area (Å²) < 4.78 is 5.49. The fraction of sp³-hybridized carbons (Fsp3) is 0.514. The molecule has 2 saturated heterocycles. The maximum absolute atomic E-state index is 11.0. The summed E-state index contributed by atoms with van der Waals surface area (Å²) in [6, 6.07) is 27.0. The topological polar surface area (TPSA) is 52.4 Å². The lowest BCUT2D eigenvalue weighted by Gasteiger charge is -2.48. The van der Waals surface area contributed by atoms with Crippen LogP contribution < -0.4 is 4.90 Å². The van der Waals surface area contributed by atoms with Crippen molar-refractivity contribution in [3.05, 3.63) is 84.2 Å². The standard InChI is InChI=1S/C37H46N4OS/c1-28-23-35(15-19-39-28)43-34-13-11-33(12-14-34)41-25-29(26-41)24-40-20-16-32(17-21-40)37(27-38,31-8-4-3-5-9-31)36-10-6-7-30(36)18-22-42-2/h3-5,8-9,11-15,19,23,29-30,32,36H,6-7,10,16-18,20-22,24-26H2,1-2H3. The Kier molecular flexibility index (Phi) is 9.72. The quantitative estimate of drug-likeness (QED) is 0.228. The fourth-order valence-corrected chi connectivity index (χ4v) is 9.14. The number of benzene rings is 2. The molecule has 3 fully saturated rings. The summed E-state index contributed by atoms with van der Waals surface area (Å²) in [6.07, 6.45) is 8.81. The monoisotopic (exact) mass is 594 g/mol. The number of aryl methyl sites for hydroxylation is 1. The van der Waals surface area contributed by atoms with Crippen molar-refractivity contribution in [2.75, 3.05) is 51.3 Å². The Labute approximate surface area is 262 Å². The molecule has 1 saturated carbocycles. The van der Waals surface area contributed by atoms with Crippen LogP contribution in [0.2, 0.25) is 0 Å². The maximum Gasteiger partial charge on any atom is 0.0882 e. The number of nitrogens with zero attached hydrogens (tertiary/aromatic N) is 4. The van der Waals surface area contributed by atoms with Crippen LogP contribution in [-0.4, -0.2) is 56.3 Å². The molecule has 1 aliphatic carbocycles. The minimum absolute atomic E-state index is 0.393. The van der Waals surface area contributed by atoms with Crippen molar-refractivity contribution >= 4 is 17.4 Å². The highest BCUT2D eigenvalue weighted by molar-refractivity contribution is 7.99. The third kappa shape index (κ3) is 6.65. The van der Waals surface area contributed by atoms with Gasteiger partial charge in [-0.2, -0.15) is 5.26 Å². The normalized spacial score (nSPS) is 23.0. The Balaban J connectivity index is 1.04. The number of hydrogen-bond acceptors (Lipinski definition) is 6. The van der Waals surface area contributed by atoms with Gasteiger partial charge in [-0.3, -0.25) is 4.98 Å². The lowest BCUT2D eigenvalue weighted by atomic mass is 9.58. The molecule has 3 unspecified atom stereocenters. The maximum atomic E-state index is 11.0. The van der Waals surface area contributed by atoms with Gasteiger partial charge in [-0.05, 0) is 105 Å². The van der Waals surface area contributed by atoms with Gasteiger partial charge in [-0.15, -0.1) is 0 Å². The van der Waals surface area contributed by atoms with E-state index >= 15 is 0 Å². The van der Waals surface area contributed by atoms with Crippen LogP contribution in [0.1, 0.15) is 49.8 Å². The Morgan fingerprint density at radius 3 is 2.44 bits per heavy atom. The Bertz CT molecular complexity index is 1360. The first kappa shape index (κ1) is 30.2. The Morgan fingerprint density at radius 2 is 1.74 bits per heavy atom. The van der Waals surface area contributed by atoms with Crippen LogP contribution in [0.4, 0.5) is 5.69 Å². The number of nitriles is 1. The third-order valence-electron chi connectivity index (χ3n) is 10.4. The van der Waals surface area contributed by atoms with Crippen LogP contribution >= 0.6 is 11.8 Å². The summed E-state index contributed by atoms with van der Waals surface area (Å²) in [6.45, 7) is 8.47. The van der Waals surface area contributed by atoms with Crippen LogP contribution in [0.25, 0.3) is 0 Å². The summed E-state index contributed by atoms with van der Waals surface area (Å²) in [5.74, 6) is 2.12. The second kappa shape index (κ2) is 13.8. The van der Waals surface area contributed by atoms with Gasteiger partial charge in [0.2, 0.25) is 0 Å². The predicted molar refractivity (Wildman–Crippen MR) is 175 cm³/mol. The number of anilines is 1. The van der Waals surface area contributed by atoms with Gasteiger partial charge < -0.3 is 14.5 Å². The Morgan fingerprint density at radius 1 is 0.977 bits per heavy atom. The summed E-state index contributed by atoms with van der Waals surface area (Å²) in [5, 5.41) is 11.0. The van der Waals surface area contributed by atoms with Gasteiger partial charge in [-0.25, -0.2) is 0 Å². The average Bonchev–Trinajstić information content (AvgIpc) is 3.49. The number of pyridine rings is 1. The van der Waals surface area contributed by atoms with Crippen molar-refractivity contribution in [2.24, 2.45) is 23.7 Å². The molecule has 3 heterocycles. The first-order chi connectivity index (χ1) is 21.1. The summed E-state index contributed by atoms with van der Waals surface area (Å²) in [4.78, 5) is 12.0. The summed E-state index contributed by atoms with van der Waals surface area (Å²) in [7, 11) is 1.80. The van der Waals surface area contributed by atoms with Crippen molar-refractivity contribution in [1.29, 1.82) is 5.26 Å². The molecule has 2 aliphatic heterocycles. The molecule has 0 amide bonds. The first-order valence-corrected chi connectivity index (χ1v) is 17.0. The molecule has 6 heteroatoms. The molecular formula is C37H46N4OS. The highest BCUT2D eigenvalue weighted by Gasteiger charge is 2.51. The number of methoxy groups -OCH3 is 1. The molecule has 5 nitrogen and oxygen atoms in total. The van der Waals surface area contributed by atoms with Gasteiger partial charge in [0.15, 0.2) is 0 Å². The van der Waals surface area contributed by atoms with Crippen LogP contribution in [0, 0.1) is 41.9 Å². The molecule has 2 aromatic carbocycles. The highest BCUT2D eigenvalue weighted by atomic mass is 32.2. The lowest BCUT2D eigenvalue weighted by Crippen LogP contribution is -2.54. The van der Waals surface area contributed by atoms with Crippen molar-refractivity contribution in [3.8, 4) is 6.07 Å². The van der Waals surface area contributed by atoms with E-state index in [1.165, 1.54) is 40.4 Å². The van der Waals surface area contributed by atoms with Gasteiger partial charge >= 0.3 is 0 Å². The molecule has 3 atom stereocenters. The van der Waals surface area contributed by atoms with E-state index in [0.717, 1.165) is 64.2 Å². The van der Waals surface area contributed by atoms with E-state index in [9.17, 15) is 5.26 Å². The second-order valence-corrected chi connectivity index (χ2v) is 14.1. The molecule has 0 N–H and O–H groups in total. The van der Waals surface area contributed by atoms with E-state index < -0.39 is 5.41 Å². The molecule has 6 rings (SSSR count). The van der Waals surface area contributed by atoms with E-state index in [4.69, 9.17) is 4.74 Å². The van der Waals surface area contributed by atoms with E-state index in [1.54, 1.807) is 18.9 Å². The summed E-state index contributed by atoms with van der Waals surface area (Å²) in [5.41, 5.74) is 3.24. The van der Waals surface area contributed by atoms with Gasteiger partial charge in [0.1, 0.15) is 0 Å². The van der Waals surface area contributed by atoms with Crippen LogP contribution in [0.3, 0.4) is 0 Å². The van der Waals surface area contributed by atoms with Crippen molar-refractivity contribution < 1.29 is 4.74 Å². The summed E-state index contributed by atoms with van der Waals surface area (Å²) >= 11 is 1.79. The fourth-order valence-electron chi connectivity index (χ4n) is 8.23. The molecule has 226 valence electrons. The lowest BCUT2D eigenvalue weighted by molar-refractivity contribution is 0.0820. The van der Waals surface area contributed by atoms with E-state index in [0.29, 0.717) is 23.7 Å². The molecule has 0 radical (unpaired) electrons. The number of piperidine rings is 1. The zero-order valence-corrected chi connectivity index (χ0v) is 26.6. The van der Waals surface area contributed by atoms with Gasteiger partial charge in [0.05, 0.1) is 11.5 Å². The van der Waals surface area contributed by atoms with E-state index in [2.05, 4.69) is 87.6 Å². The SMILES string of the molecule is COCCC1CCCC1C(C#N)(c1ccccc1)C1CCN(CC2CN(c3ccc(Sc4ccnc(C)c4)cc3)C2)CC1. The number of ether oxygens (including phenoxy) is 1. The zero-order valence-electron chi connectivity index (χ0n) is 25.8.